The molecule has 4 nitrogen and oxygen atoms in total. The predicted octanol–water partition coefficient (Wildman–Crippen LogP) is 1.49. The van der Waals surface area contributed by atoms with Crippen molar-refractivity contribution < 1.29 is 12.6 Å². The van der Waals surface area contributed by atoms with Crippen molar-refractivity contribution in [3.8, 4) is 0 Å². The highest BCUT2D eigenvalue weighted by Crippen LogP contribution is 2.24. The topological polar surface area (TPSA) is 56.3 Å². The molecule has 0 N–H and O–H groups in total. The third-order valence-corrected chi connectivity index (χ3v) is 4.39. The van der Waals surface area contributed by atoms with Gasteiger partial charge >= 0.3 is 10.1 Å². The van der Waals surface area contributed by atoms with Gasteiger partial charge in [-0.25, -0.2) is 4.98 Å². The van der Waals surface area contributed by atoms with Crippen LogP contribution in [-0.2, 0) is 14.3 Å². The Morgan fingerprint density at radius 3 is 2.46 bits per heavy atom. The molecule has 0 bridgehead atoms. The Labute approximate surface area is 81.7 Å². The van der Waals surface area contributed by atoms with E-state index in [1.807, 2.05) is 0 Å². The highest BCUT2D eigenvalue weighted by Gasteiger charge is 2.20. The van der Waals surface area contributed by atoms with Crippen LogP contribution in [0.15, 0.2) is 4.21 Å². The Kier molecular flexibility index (Phi) is 3.05. The van der Waals surface area contributed by atoms with Crippen LogP contribution in [0.4, 0.5) is 0 Å². The van der Waals surface area contributed by atoms with Gasteiger partial charge in [-0.05, 0) is 20.8 Å². The van der Waals surface area contributed by atoms with Gasteiger partial charge in [0, 0.05) is 0 Å². The van der Waals surface area contributed by atoms with E-state index in [0.717, 1.165) is 16.3 Å². The molecule has 1 heterocycles. The zero-order chi connectivity index (χ0) is 10.1. The first-order chi connectivity index (χ1) is 5.97. The highest BCUT2D eigenvalue weighted by molar-refractivity contribution is 7.89. The van der Waals surface area contributed by atoms with Crippen LogP contribution in [0.3, 0.4) is 0 Å². The molecule has 6 heteroatoms. The molecule has 0 aliphatic heterocycles. The Balaban J connectivity index is 3.14. The monoisotopic (exact) mass is 221 g/mol. The lowest BCUT2D eigenvalue weighted by molar-refractivity contribution is 0.339. The van der Waals surface area contributed by atoms with E-state index in [1.165, 1.54) is 0 Å². The van der Waals surface area contributed by atoms with E-state index < -0.39 is 10.1 Å². The maximum atomic E-state index is 11.4. The minimum absolute atomic E-state index is 0.152. The maximum Gasteiger partial charge on any atom is 0.308 e. The van der Waals surface area contributed by atoms with Crippen LogP contribution in [0.1, 0.15) is 17.6 Å². The first kappa shape index (κ1) is 10.6. The summed E-state index contributed by atoms with van der Waals surface area (Å²) in [5.41, 5.74) is 0.510. The molecule has 1 aromatic rings. The minimum Gasteiger partial charge on any atom is -0.266 e. The Bertz CT molecular complexity index is 394. The SMILES string of the molecule is CCOS(=O)(=O)c1sc(C)nc1C. The van der Waals surface area contributed by atoms with Crippen molar-refractivity contribution in [2.45, 2.75) is 25.0 Å². The van der Waals surface area contributed by atoms with E-state index in [1.54, 1.807) is 20.8 Å². The summed E-state index contributed by atoms with van der Waals surface area (Å²) in [6, 6.07) is 0. The summed E-state index contributed by atoms with van der Waals surface area (Å²) in [6.45, 7) is 5.22. The van der Waals surface area contributed by atoms with Gasteiger partial charge in [-0.3, -0.25) is 4.18 Å². The number of hydrogen-bond acceptors (Lipinski definition) is 5. The van der Waals surface area contributed by atoms with E-state index >= 15 is 0 Å². The molecule has 1 rings (SSSR count). The number of aryl methyl sites for hydroxylation is 2. The summed E-state index contributed by atoms with van der Waals surface area (Å²) < 4.78 is 27.7. The van der Waals surface area contributed by atoms with Crippen molar-refractivity contribution in [1.29, 1.82) is 0 Å². The summed E-state index contributed by atoms with van der Waals surface area (Å²) in [5, 5.41) is 0.732. The van der Waals surface area contributed by atoms with Crippen molar-refractivity contribution in [3.63, 3.8) is 0 Å². The number of thiazole rings is 1. The van der Waals surface area contributed by atoms with Crippen LogP contribution >= 0.6 is 11.3 Å². The van der Waals surface area contributed by atoms with Gasteiger partial charge in [-0.1, -0.05) is 0 Å². The molecule has 0 aliphatic rings. The van der Waals surface area contributed by atoms with Gasteiger partial charge in [0.25, 0.3) is 0 Å². The van der Waals surface area contributed by atoms with Gasteiger partial charge in [-0.2, -0.15) is 8.42 Å². The minimum atomic E-state index is -3.56. The molecular formula is C7H11NO3S2. The van der Waals surface area contributed by atoms with Crippen molar-refractivity contribution in [1.82, 2.24) is 4.98 Å². The standard InChI is InChI=1S/C7H11NO3S2/c1-4-11-13(9,10)7-5(2)8-6(3)12-7/h4H2,1-3H3. The summed E-state index contributed by atoms with van der Waals surface area (Å²) in [6.07, 6.45) is 0. The second-order valence-electron chi connectivity index (χ2n) is 2.47. The third kappa shape index (κ3) is 2.26. The first-order valence-corrected chi connectivity index (χ1v) is 6.03. The average Bonchev–Trinajstić information content (AvgIpc) is 2.30. The van der Waals surface area contributed by atoms with Crippen LogP contribution in [0, 0.1) is 13.8 Å². The zero-order valence-electron chi connectivity index (χ0n) is 7.70. The fourth-order valence-corrected chi connectivity index (χ4v) is 3.34. The second kappa shape index (κ2) is 3.73. The summed E-state index contributed by atoms with van der Waals surface area (Å²) in [5.74, 6) is 0. The molecule has 0 saturated heterocycles. The molecule has 0 fully saturated rings. The fourth-order valence-electron chi connectivity index (χ4n) is 0.953. The lowest BCUT2D eigenvalue weighted by atomic mass is 10.6. The fraction of sp³-hybridized carbons (Fsp3) is 0.571. The van der Waals surface area contributed by atoms with Crippen LogP contribution < -0.4 is 0 Å². The molecule has 0 amide bonds. The summed E-state index contributed by atoms with van der Waals surface area (Å²) in [7, 11) is -3.56. The number of aromatic nitrogens is 1. The quantitative estimate of drug-likeness (QED) is 0.725. The normalized spacial score (nSPS) is 11.9. The average molecular weight is 221 g/mol. The van der Waals surface area contributed by atoms with Gasteiger partial charge in [0.05, 0.1) is 17.3 Å². The van der Waals surface area contributed by atoms with Gasteiger partial charge < -0.3 is 0 Å². The second-order valence-corrected chi connectivity index (χ2v) is 5.48. The highest BCUT2D eigenvalue weighted by atomic mass is 32.3. The molecule has 0 aromatic carbocycles. The predicted molar refractivity (Wildman–Crippen MR) is 50.4 cm³/mol. The summed E-state index contributed by atoms with van der Waals surface area (Å²) in [4.78, 5) is 4.02. The molecule has 0 aliphatic carbocycles. The molecule has 0 unspecified atom stereocenters. The smallest absolute Gasteiger partial charge is 0.266 e. The largest absolute Gasteiger partial charge is 0.308 e. The molecule has 13 heavy (non-hydrogen) atoms. The zero-order valence-corrected chi connectivity index (χ0v) is 9.33. The Morgan fingerprint density at radius 1 is 1.46 bits per heavy atom. The molecular weight excluding hydrogens is 210 g/mol. The van der Waals surface area contributed by atoms with E-state index in [0.29, 0.717) is 5.69 Å². The van der Waals surface area contributed by atoms with Gasteiger partial charge in [0.15, 0.2) is 4.21 Å². The lowest BCUT2D eigenvalue weighted by Gasteiger charge is -1.99. The van der Waals surface area contributed by atoms with Crippen LogP contribution in [0.2, 0.25) is 0 Å². The number of hydrogen-bond donors (Lipinski definition) is 0. The van der Waals surface area contributed by atoms with Crippen molar-refractivity contribution >= 4 is 21.5 Å². The molecule has 74 valence electrons. The number of rotatable bonds is 3. The van der Waals surface area contributed by atoms with E-state index in [9.17, 15) is 8.42 Å². The molecule has 0 saturated carbocycles. The third-order valence-electron chi connectivity index (χ3n) is 1.36. The Morgan fingerprint density at radius 2 is 2.08 bits per heavy atom. The van der Waals surface area contributed by atoms with Crippen molar-refractivity contribution in [2.24, 2.45) is 0 Å². The van der Waals surface area contributed by atoms with Crippen LogP contribution in [-0.4, -0.2) is 20.0 Å². The molecule has 1 aromatic heterocycles. The van der Waals surface area contributed by atoms with Crippen LogP contribution in [0.25, 0.3) is 0 Å². The van der Waals surface area contributed by atoms with Crippen LogP contribution in [0.5, 0.6) is 0 Å². The number of nitrogens with zero attached hydrogens (tertiary/aromatic N) is 1. The van der Waals surface area contributed by atoms with E-state index in [-0.39, 0.29) is 10.8 Å². The first-order valence-electron chi connectivity index (χ1n) is 3.81. The molecule has 0 atom stereocenters. The molecule has 0 spiro atoms. The molecule has 0 radical (unpaired) electrons. The lowest BCUT2D eigenvalue weighted by Crippen LogP contribution is -2.05. The van der Waals surface area contributed by atoms with E-state index in [2.05, 4.69) is 9.17 Å². The van der Waals surface area contributed by atoms with Gasteiger partial charge in [0.2, 0.25) is 0 Å². The van der Waals surface area contributed by atoms with Crippen molar-refractivity contribution in [2.75, 3.05) is 6.61 Å². The maximum absolute atomic E-state index is 11.4. The van der Waals surface area contributed by atoms with E-state index in [4.69, 9.17) is 0 Å². The van der Waals surface area contributed by atoms with Gasteiger partial charge in [0.1, 0.15) is 0 Å². The Hall–Kier alpha value is -0.460. The van der Waals surface area contributed by atoms with Gasteiger partial charge in [-0.15, -0.1) is 11.3 Å². The van der Waals surface area contributed by atoms with Crippen molar-refractivity contribution in [3.05, 3.63) is 10.7 Å². The summed E-state index contributed by atoms with van der Waals surface area (Å²) >= 11 is 1.14.